The second kappa shape index (κ2) is 8.33. The summed E-state index contributed by atoms with van der Waals surface area (Å²) >= 11 is 0. The monoisotopic (exact) mass is 337 g/mol. The minimum atomic E-state index is -0.389. The van der Waals surface area contributed by atoms with Crippen LogP contribution in [0.4, 0.5) is 10.5 Å². The van der Waals surface area contributed by atoms with Gasteiger partial charge in [-0.05, 0) is 37.0 Å². The van der Waals surface area contributed by atoms with E-state index in [0.717, 1.165) is 18.5 Å². The van der Waals surface area contributed by atoms with Crippen molar-refractivity contribution in [3.05, 3.63) is 66.2 Å². The van der Waals surface area contributed by atoms with Gasteiger partial charge < -0.3 is 15.5 Å². The number of hydrogen-bond acceptors (Lipinski definition) is 2. The Labute approximate surface area is 148 Å². The third-order valence-electron chi connectivity index (χ3n) is 4.40. The average molecular weight is 337 g/mol. The lowest BCUT2D eigenvalue weighted by Crippen LogP contribution is -2.47. The van der Waals surface area contributed by atoms with Gasteiger partial charge in [-0.25, -0.2) is 4.79 Å². The topological polar surface area (TPSA) is 61.4 Å². The fourth-order valence-electron chi connectivity index (χ4n) is 3.09. The van der Waals surface area contributed by atoms with Crippen molar-refractivity contribution in [1.82, 2.24) is 10.2 Å². The Morgan fingerprint density at radius 1 is 1.00 bits per heavy atom. The number of nitrogens with zero attached hydrogens (tertiary/aromatic N) is 1. The Kier molecular flexibility index (Phi) is 5.67. The number of anilines is 1. The van der Waals surface area contributed by atoms with Gasteiger partial charge in [-0.15, -0.1) is 0 Å². The van der Waals surface area contributed by atoms with Crippen molar-refractivity contribution >= 4 is 17.6 Å². The molecule has 130 valence electrons. The van der Waals surface area contributed by atoms with Crippen molar-refractivity contribution in [2.75, 3.05) is 18.4 Å². The van der Waals surface area contributed by atoms with E-state index in [2.05, 4.69) is 10.6 Å². The number of carbonyl (C=O) groups is 2. The van der Waals surface area contributed by atoms with Gasteiger partial charge in [0.15, 0.2) is 0 Å². The van der Waals surface area contributed by atoms with Crippen molar-refractivity contribution in [3.63, 3.8) is 0 Å². The molecule has 5 heteroatoms. The first-order valence-corrected chi connectivity index (χ1v) is 8.68. The van der Waals surface area contributed by atoms with E-state index in [9.17, 15) is 9.59 Å². The molecule has 0 radical (unpaired) electrons. The Morgan fingerprint density at radius 2 is 1.68 bits per heavy atom. The summed E-state index contributed by atoms with van der Waals surface area (Å²) in [5.74, 6) is -0.0726. The number of para-hydroxylation sites is 1. The van der Waals surface area contributed by atoms with Gasteiger partial charge in [-0.2, -0.15) is 0 Å². The van der Waals surface area contributed by atoms with Gasteiger partial charge in [0.25, 0.3) is 0 Å². The lowest BCUT2D eigenvalue weighted by molar-refractivity contribution is -0.124. The van der Waals surface area contributed by atoms with Crippen LogP contribution in [0.1, 0.15) is 18.4 Å². The molecule has 1 saturated heterocycles. The van der Waals surface area contributed by atoms with Gasteiger partial charge in [0.1, 0.15) is 6.04 Å². The van der Waals surface area contributed by atoms with Crippen LogP contribution in [0.3, 0.4) is 0 Å². The van der Waals surface area contributed by atoms with Crippen LogP contribution in [0.25, 0.3) is 0 Å². The van der Waals surface area contributed by atoms with Crippen molar-refractivity contribution in [3.8, 4) is 0 Å². The van der Waals surface area contributed by atoms with Crippen molar-refractivity contribution in [2.24, 2.45) is 0 Å². The third kappa shape index (κ3) is 4.59. The average Bonchev–Trinajstić information content (AvgIpc) is 3.13. The second-order valence-electron chi connectivity index (χ2n) is 6.17. The number of rotatable bonds is 5. The molecule has 0 aliphatic carbocycles. The Bertz CT molecular complexity index is 703. The van der Waals surface area contributed by atoms with Crippen LogP contribution in [-0.2, 0) is 11.2 Å². The van der Waals surface area contributed by atoms with E-state index < -0.39 is 0 Å². The summed E-state index contributed by atoms with van der Waals surface area (Å²) in [5.41, 5.74) is 1.93. The lowest BCUT2D eigenvalue weighted by Gasteiger charge is -2.24. The maximum atomic E-state index is 12.5. The number of likely N-dealkylation sites (tertiary alicyclic amines) is 1. The summed E-state index contributed by atoms with van der Waals surface area (Å²) in [7, 11) is 0. The van der Waals surface area contributed by atoms with Crippen molar-refractivity contribution in [2.45, 2.75) is 25.3 Å². The maximum Gasteiger partial charge on any atom is 0.322 e. The molecule has 1 heterocycles. The van der Waals surface area contributed by atoms with Crippen LogP contribution < -0.4 is 10.6 Å². The molecular formula is C20H23N3O2. The summed E-state index contributed by atoms with van der Waals surface area (Å²) in [6.45, 7) is 1.18. The Hall–Kier alpha value is -2.82. The van der Waals surface area contributed by atoms with Crippen LogP contribution in [0.15, 0.2) is 60.7 Å². The fraction of sp³-hybridized carbons (Fsp3) is 0.300. The van der Waals surface area contributed by atoms with E-state index in [-0.39, 0.29) is 18.0 Å². The molecule has 0 saturated carbocycles. The highest BCUT2D eigenvalue weighted by Gasteiger charge is 2.33. The van der Waals surface area contributed by atoms with Gasteiger partial charge >= 0.3 is 6.03 Å². The number of carbonyl (C=O) groups excluding carboxylic acids is 2. The third-order valence-corrected chi connectivity index (χ3v) is 4.40. The van der Waals surface area contributed by atoms with Crippen LogP contribution in [0.2, 0.25) is 0 Å². The van der Waals surface area contributed by atoms with E-state index in [1.807, 2.05) is 60.7 Å². The van der Waals surface area contributed by atoms with Crippen LogP contribution >= 0.6 is 0 Å². The van der Waals surface area contributed by atoms with E-state index in [4.69, 9.17) is 0 Å². The minimum Gasteiger partial charge on any atom is -0.354 e. The molecule has 25 heavy (non-hydrogen) atoms. The zero-order chi connectivity index (χ0) is 17.5. The van der Waals surface area contributed by atoms with Crippen LogP contribution in [-0.4, -0.2) is 36.0 Å². The summed E-state index contributed by atoms with van der Waals surface area (Å²) in [6, 6.07) is 18.7. The fourth-order valence-corrected chi connectivity index (χ4v) is 3.09. The smallest absolute Gasteiger partial charge is 0.322 e. The van der Waals surface area contributed by atoms with Gasteiger partial charge in [0, 0.05) is 18.8 Å². The summed E-state index contributed by atoms with van der Waals surface area (Å²) < 4.78 is 0. The molecule has 0 bridgehead atoms. The molecule has 0 spiro atoms. The molecule has 1 aliphatic rings. The summed E-state index contributed by atoms with van der Waals surface area (Å²) in [6.07, 6.45) is 2.34. The highest BCUT2D eigenvalue weighted by atomic mass is 16.2. The van der Waals surface area contributed by atoms with Crippen LogP contribution in [0.5, 0.6) is 0 Å². The van der Waals surface area contributed by atoms with Crippen LogP contribution in [0, 0.1) is 0 Å². The normalized spacial score (nSPS) is 16.5. The predicted molar refractivity (Wildman–Crippen MR) is 98.3 cm³/mol. The molecule has 1 aliphatic heterocycles. The molecule has 3 amide bonds. The Balaban J connectivity index is 1.51. The first-order chi connectivity index (χ1) is 12.2. The van der Waals surface area contributed by atoms with Crippen molar-refractivity contribution < 1.29 is 9.59 Å². The van der Waals surface area contributed by atoms with E-state index in [0.29, 0.717) is 19.5 Å². The van der Waals surface area contributed by atoms with Gasteiger partial charge in [-0.1, -0.05) is 48.5 Å². The minimum absolute atomic E-state index is 0.0726. The zero-order valence-electron chi connectivity index (χ0n) is 14.2. The molecule has 2 aromatic carbocycles. The lowest BCUT2D eigenvalue weighted by atomic mass is 10.1. The molecule has 0 unspecified atom stereocenters. The highest BCUT2D eigenvalue weighted by molar-refractivity contribution is 5.94. The number of benzene rings is 2. The summed E-state index contributed by atoms with van der Waals surface area (Å²) in [4.78, 5) is 26.6. The molecule has 2 aromatic rings. The highest BCUT2D eigenvalue weighted by Crippen LogP contribution is 2.19. The predicted octanol–water partition coefficient (Wildman–Crippen LogP) is 3.04. The molecule has 1 atom stereocenters. The number of hydrogen-bond donors (Lipinski definition) is 2. The van der Waals surface area contributed by atoms with E-state index in [1.165, 1.54) is 5.56 Å². The summed E-state index contributed by atoms with van der Waals surface area (Å²) in [5, 5.41) is 5.82. The van der Waals surface area contributed by atoms with Gasteiger partial charge in [-0.3, -0.25) is 4.79 Å². The van der Waals surface area contributed by atoms with Gasteiger partial charge in [0.05, 0.1) is 0 Å². The maximum absolute atomic E-state index is 12.5. The molecule has 2 N–H and O–H groups in total. The zero-order valence-corrected chi connectivity index (χ0v) is 14.2. The molecule has 0 aromatic heterocycles. The first kappa shape index (κ1) is 17.0. The second-order valence-corrected chi connectivity index (χ2v) is 6.17. The number of amides is 3. The van der Waals surface area contributed by atoms with E-state index >= 15 is 0 Å². The van der Waals surface area contributed by atoms with Gasteiger partial charge in [0.2, 0.25) is 5.91 Å². The SMILES string of the molecule is O=C(NCCc1ccccc1)[C@H]1CCCN1C(=O)Nc1ccccc1. The quantitative estimate of drug-likeness (QED) is 0.881. The molecule has 1 fully saturated rings. The number of nitrogens with one attached hydrogen (secondary N) is 2. The molecular weight excluding hydrogens is 314 g/mol. The first-order valence-electron chi connectivity index (χ1n) is 8.68. The number of urea groups is 1. The molecule has 5 nitrogen and oxygen atoms in total. The standard InChI is InChI=1S/C20H23N3O2/c24-19(21-14-13-16-8-3-1-4-9-16)18-12-7-15-23(18)20(25)22-17-10-5-2-6-11-17/h1-6,8-11,18H,7,12-15H2,(H,21,24)(H,22,25)/t18-/m1/s1. The van der Waals surface area contributed by atoms with Crippen molar-refractivity contribution in [1.29, 1.82) is 0 Å². The van der Waals surface area contributed by atoms with E-state index in [1.54, 1.807) is 4.90 Å². The molecule has 3 rings (SSSR count). The largest absolute Gasteiger partial charge is 0.354 e. The Morgan fingerprint density at radius 3 is 2.40 bits per heavy atom.